The van der Waals surface area contributed by atoms with Gasteiger partial charge in [-0.3, -0.25) is 0 Å². The number of hydrogen-bond acceptors (Lipinski definition) is 7. The molecule has 0 saturated heterocycles. The van der Waals surface area contributed by atoms with Gasteiger partial charge in [0.1, 0.15) is 15.8 Å². The lowest BCUT2D eigenvalue weighted by Crippen LogP contribution is -2.20. The Labute approximate surface area is 166 Å². The minimum absolute atomic E-state index is 0.00250. The molecule has 0 radical (unpaired) electrons. The fraction of sp³-hybridized carbons (Fsp3) is 0.350. The lowest BCUT2D eigenvalue weighted by Gasteiger charge is -2.21. The van der Waals surface area contributed by atoms with E-state index < -0.39 is 0 Å². The maximum absolute atomic E-state index is 12.8. The van der Waals surface area contributed by atoms with Crippen LogP contribution in [0.15, 0.2) is 35.5 Å². The van der Waals surface area contributed by atoms with Gasteiger partial charge in [-0.15, -0.1) is 11.3 Å². The molecule has 0 amide bonds. The maximum atomic E-state index is 12.8. The van der Waals surface area contributed by atoms with E-state index in [1.165, 1.54) is 29.5 Å². The summed E-state index contributed by atoms with van der Waals surface area (Å²) in [4.78, 5) is 23.2. The van der Waals surface area contributed by atoms with Gasteiger partial charge in [0.2, 0.25) is 0 Å². The van der Waals surface area contributed by atoms with Crippen LogP contribution in [-0.4, -0.2) is 28.3 Å². The summed E-state index contributed by atoms with van der Waals surface area (Å²) in [5.41, 5.74) is 8.53. The van der Waals surface area contributed by atoms with Crippen LogP contribution < -0.4 is 5.73 Å². The maximum Gasteiger partial charge on any atom is 0.350 e. The van der Waals surface area contributed by atoms with E-state index in [1.807, 2.05) is 36.6 Å². The fourth-order valence-electron chi connectivity index (χ4n) is 3.44. The Kier molecular flexibility index (Phi) is 5.31. The first kappa shape index (κ1) is 18.3. The van der Waals surface area contributed by atoms with Crippen LogP contribution in [0.25, 0.3) is 21.5 Å². The Morgan fingerprint density at radius 2 is 1.93 bits per heavy atom. The molecular formula is C20H21N3O2S2. The van der Waals surface area contributed by atoms with Crippen LogP contribution in [0.4, 0.5) is 5.69 Å². The standard InChI is InChI=1S/C20H21N3O2S2/c1-26-20-22-16(12-8-4-2-5-9-12)14-15(21)17(27-18(14)23-20)19(24)25-13-10-6-3-7-11-13/h2,4-5,8-9,13H,3,6-7,10-11,21H2,1H3. The normalized spacial score (nSPS) is 15.1. The van der Waals surface area contributed by atoms with Gasteiger partial charge in [-0.2, -0.15) is 0 Å². The number of rotatable bonds is 4. The smallest absolute Gasteiger partial charge is 0.350 e. The number of fused-ring (bicyclic) bond motifs is 1. The highest BCUT2D eigenvalue weighted by molar-refractivity contribution is 7.98. The quantitative estimate of drug-likeness (QED) is 0.371. The van der Waals surface area contributed by atoms with Gasteiger partial charge in [0, 0.05) is 5.56 Å². The zero-order valence-corrected chi connectivity index (χ0v) is 16.7. The van der Waals surface area contributed by atoms with Crippen molar-refractivity contribution in [1.82, 2.24) is 9.97 Å². The molecule has 1 aliphatic carbocycles. The Balaban J connectivity index is 1.77. The second-order valence-electron chi connectivity index (χ2n) is 6.62. The summed E-state index contributed by atoms with van der Waals surface area (Å²) >= 11 is 2.77. The number of aromatic nitrogens is 2. The van der Waals surface area contributed by atoms with E-state index in [1.54, 1.807) is 0 Å². The molecule has 4 rings (SSSR count). The summed E-state index contributed by atoms with van der Waals surface area (Å²) in [6.07, 6.45) is 7.24. The van der Waals surface area contributed by atoms with Crippen LogP contribution >= 0.6 is 23.1 Å². The van der Waals surface area contributed by atoms with E-state index >= 15 is 0 Å². The van der Waals surface area contributed by atoms with E-state index in [4.69, 9.17) is 10.5 Å². The SMILES string of the molecule is CSc1nc(-c2ccccc2)c2c(N)c(C(=O)OC3CCCCC3)sc2n1. The van der Waals surface area contributed by atoms with Crippen LogP contribution in [0.2, 0.25) is 0 Å². The molecule has 2 aromatic heterocycles. The molecule has 1 aliphatic rings. The Morgan fingerprint density at radius 1 is 1.19 bits per heavy atom. The first-order valence-corrected chi connectivity index (χ1v) is 11.1. The zero-order valence-electron chi connectivity index (χ0n) is 15.1. The number of hydrogen-bond donors (Lipinski definition) is 1. The summed E-state index contributed by atoms with van der Waals surface area (Å²) in [5, 5.41) is 1.40. The summed E-state index contributed by atoms with van der Waals surface area (Å²) in [7, 11) is 0. The molecule has 5 nitrogen and oxygen atoms in total. The number of ether oxygens (including phenoxy) is 1. The molecule has 27 heavy (non-hydrogen) atoms. The number of benzene rings is 1. The van der Waals surface area contributed by atoms with Gasteiger partial charge in [0.15, 0.2) is 5.16 Å². The summed E-state index contributed by atoms with van der Waals surface area (Å²) in [5.74, 6) is -0.341. The van der Waals surface area contributed by atoms with E-state index in [2.05, 4.69) is 9.97 Å². The Hall–Kier alpha value is -2.12. The number of esters is 1. The number of nitrogens with zero attached hydrogens (tertiary/aromatic N) is 2. The summed E-state index contributed by atoms with van der Waals surface area (Å²) < 4.78 is 5.73. The molecule has 2 N–H and O–H groups in total. The van der Waals surface area contributed by atoms with Gasteiger partial charge in [-0.25, -0.2) is 14.8 Å². The molecule has 0 unspecified atom stereocenters. The Bertz CT molecular complexity index is 966. The highest BCUT2D eigenvalue weighted by Crippen LogP contribution is 2.40. The fourth-order valence-corrected chi connectivity index (χ4v) is 4.84. The van der Waals surface area contributed by atoms with Crippen molar-refractivity contribution in [3.63, 3.8) is 0 Å². The minimum atomic E-state index is -0.341. The molecule has 3 aromatic rings. The monoisotopic (exact) mass is 399 g/mol. The molecule has 1 aromatic carbocycles. The molecular weight excluding hydrogens is 378 g/mol. The number of nitrogen functional groups attached to an aromatic ring is 1. The van der Waals surface area contributed by atoms with Gasteiger partial charge in [0.25, 0.3) is 0 Å². The third kappa shape index (κ3) is 3.66. The number of thiophene rings is 1. The van der Waals surface area contributed by atoms with E-state index in [9.17, 15) is 4.79 Å². The topological polar surface area (TPSA) is 78.1 Å². The van der Waals surface area contributed by atoms with Crippen molar-refractivity contribution in [2.45, 2.75) is 43.4 Å². The average molecular weight is 400 g/mol. The zero-order chi connectivity index (χ0) is 18.8. The van der Waals surface area contributed by atoms with Crippen molar-refractivity contribution in [3.8, 4) is 11.3 Å². The molecule has 1 saturated carbocycles. The third-order valence-corrected chi connectivity index (χ3v) is 6.44. The van der Waals surface area contributed by atoms with Gasteiger partial charge in [-0.05, 0) is 31.9 Å². The predicted molar refractivity (Wildman–Crippen MR) is 111 cm³/mol. The number of carbonyl (C=O) groups is 1. The number of nitrogens with two attached hydrogens (primary N) is 1. The summed E-state index contributed by atoms with van der Waals surface area (Å²) in [6, 6.07) is 9.86. The second kappa shape index (κ2) is 7.86. The van der Waals surface area contributed by atoms with Crippen LogP contribution in [0.5, 0.6) is 0 Å². The predicted octanol–water partition coefficient (Wildman–Crippen LogP) is 5.15. The highest BCUT2D eigenvalue weighted by atomic mass is 32.2. The van der Waals surface area contributed by atoms with Crippen LogP contribution in [0, 0.1) is 0 Å². The average Bonchev–Trinajstić information content (AvgIpc) is 3.05. The molecule has 0 aliphatic heterocycles. The molecule has 7 heteroatoms. The molecule has 1 fully saturated rings. The Morgan fingerprint density at radius 3 is 2.63 bits per heavy atom. The van der Waals surface area contributed by atoms with Crippen molar-refractivity contribution >= 4 is 45.0 Å². The van der Waals surface area contributed by atoms with Crippen LogP contribution in [-0.2, 0) is 4.74 Å². The van der Waals surface area contributed by atoms with Gasteiger partial charge >= 0.3 is 5.97 Å². The first-order chi connectivity index (χ1) is 13.2. The molecule has 0 atom stereocenters. The lowest BCUT2D eigenvalue weighted by atomic mass is 9.98. The van der Waals surface area contributed by atoms with Gasteiger partial charge < -0.3 is 10.5 Å². The number of anilines is 1. The molecule has 2 heterocycles. The first-order valence-electron chi connectivity index (χ1n) is 9.07. The van der Waals surface area contributed by atoms with Crippen molar-refractivity contribution in [3.05, 3.63) is 35.2 Å². The number of thioether (sulfide) groups is 1. The largest absolute Gasteiger partial charge is 0.458 e. The van der Waals surface area contributed by atoms with E-state index in [0.29, 0.717) is 15.7 Å². The second-order valence-corrected chi connectivity index (χ2v) is 8.39. The highest BCUT2D eigenvalue weighted by Gasteiger charge is 2.25. The van der Waals surface area contributed by atoms with Crippen molar-refractivity contribution in [2.24, 2.45) is 0 Å². The lowest BCUT2D eigenvalue weighted by molar-refractivity contribution is 0.0218. The molecule has 0 bridgehead atoms. The van der Waals surface area contributed by atoms with Gasteiger partial charge in [0.05, 0.1) is 16.8 Å². The van der Waals surface area contributed by atoms with Crippen LogP contribution in [0.3, 0.4) is 0 Å². The number of carbonyl (C=O) groups excluding carboxylic acids is 1. The van der Waals surface area contributed by atoms with E-state index in [0.717, 1.165) is 47.2 Å². The minimum Gasteiger partial charge on any atom is -0.458 e. The molecule has 140 valence electrons. The molecule has 0 spiro atoms. The van der Waals surface area contributed by atoms with Crippen molar-refractivity contribution in [2.75, 3.05) is 12.0 Å². The van der Waals surface area contributed by atoms with Gasteiger partial charge in [-0.1, -0.05) is 48.5 Å². The third-order valence-electron chi connectivity index (χ3n) is 4.81. The van der Waals surface area contributed by atoms with Crippen LogP contribution in [0.1, 0.15) is 41.8 Å². The van der Waals surface area contributed by atoms with Crippen molar-refractivity contribution in [1.29, 1.82) is 0 Å². The van der Waals surface area contributed by atoms with Crippen molar-refractivity contribution < 1.29 is 9.53 Å². The summed E-state index contributed by atoms with van der Waals surface area (Å²) in [6.45, 7) is 0. The van der Waals surface area contributed by atoms with E-state index in [-0.39, 0.29) is 12.1 Å².